The summed E-state index contributed by atoms with van der Waals surface area (Å²) in [5, 5.41) is 16.9. The van der Waals surface area contributed by atoms with E-state index in [1.165, 1.54) is 25.3 Å². The van der Waals surface area contributed by atoms with Crippen LogP contribution in [0.15, 0.2) is 47.0 Å². The lowest BCUT2D eigenvalue weighted by Crippen LogP contribution is -2.46. The van der Waals surface area contributed by atoms with Crippen molar-refractivity contribution in [3.8, 4) is 0 Å². The van der Waals surface area contributed by atoms with Crippen LogP contribution in [0.1, 0.15) is 58.9 Å². The molecule has 1 aliphatic heterocycles. The third kappa shape index (κ3) is 6.83. The van der Waals surface area contributed by atoms with Crippen molar-refractivity contribution in [3.63, 3.8) is 0 Å². The number of esters is 2. The van der Waals surface area contributed by atoms with Gasteiger partial charge in [0, 0.05) is 17.8 Å². The second-order valence-electron chi connectivity index (χ2n) is 8.71. The second kappa shape index (κ2) is 12.7. The third-order valence-electron chi connectivity index (χ3n) is 5.66. The minimum absolute atomic E-state index is 0.0425. The topological polar surface area (TPSA) is 146 Å². The van der Waals surface area contributed by atoms with Gasteiger partial charge in [0.15, 0.2) is 0 Å². The molecule has 2 rings (SSSR count). The van der Waals surface area contributed by atoms with Gasteiger partial charge in [-0.2, -0.15) is 0 Å². The Morgan fingerprint density at radius 2 is 1.89 bits per heavy atom. The van der Waals surface area contributed by atoms with Gasteiger partial charge >= 0.3 is 18.0 Å². The summed E-state index contributed by atoms with van der Waals surface area (Å²) in [7, 11) is 1.21. The molecule has 196 valence electrons. The molecule has 11 nitrogen and oxygen atoms in total. The molecule has 1 aliphatic rings. The number of allylic oxidation sites excluding steroid dienone is 3. The summed E-state index contributed by atoms with van der Waals surface area (Å²) in [5.74, 6) is -2.49. The number of unbranched alkanes of at least 4 members (excludes halogenated alkanes) is 1. The third-order valence-corrected chi connectivity index (χ3v) is 5.66. The number of hydrogen-bond acceptors (Lipinski definition) is 9. The Balaban J connectivity index is 2.42. The van der Waals surface area contributed by atoms with E-state index in [-0.39, 0.29) is 29.5 Å². The van der Waals surface area contributed by atoms with E-state index in [0.717, 1.165) is 6.42 Å². The molecule has 0 bridgehead atoms. The van der Waals surface area contributed by atoms with Crippen LogP contribution in [0.25, 0.3) is 0 Å². The number of carbonyl (C=O) groups is 3. The average molecular weight is 504 g/mol. The van der Waals surface area contributed by atoms with E-state index < -0.39 is 34.9 Å². The molecular formula is C25H33N3O8. The first-order valence-corrected chi connectivity index (χ1v) is 11.7. The quantitative estimate of drug-likeness (QED) is 0.159. The number of carbonyl (C=O) groups excluding carboxylic acids is 3. The van der Waals surface area contributed by atoms with Crippen LogP contribution < -0.4 is 10.6 Å². The monoisotopic (exact) mass is 503 g/mol. The van der Waals surface area contributed by atoms with Crippen molar-refractivity contribution in [1.82, 2.24) is 10.6 Å². The summed E-state index contributed by atoms with van der Waals surface area (Å²) >= 11 is 0. The molecule has 1 aromatic rings. The number of alkyl carbamates (subject to hydrolysis) is 1. The van der Waals surface area contributed by atoms with E-state index in [0.29, 0.717) is 23.4 Å². The number of hydrogen-bond donors (Lipinski definition) is 2. The van der Waals surface area contributed by atoms with Crippen molar-refractivity contribution >= 4 is 23.7 Å². The highest BCUT2D eigenvalue weighted by atomic mass is 16.6. The maximum absolute atomic E-state index is 12.9. The van der Waals surface area contributed by atoms with Gasteiger partial charge < -0.3 is 24.8 Å². The molecule has 2 atom stereocenters. The molecule has 1 heterocycles. The molecule has 1 amide bonds. The fourth-order valence-electron chi connectivity index (χ4n) is 3.79. The van der Waals surface area contributed by atoms with Crippen molar-refractivity contribution < 1.29 is 33.5 Å². The van der Waals surface area contributed by atoms with Crippen LogP contribution in [0.5, 0.6) is 0 Å². The number of ether oxygens (including phenoxy) is 3. The minimum Gasteiger partial charge on any atom is -0.466 e. The van der Waals surface area contributed by atoms with Gasteiger partial charge in [-0.1, -0.05) is 39.3 Å². The zero-order valence-corrected chi connectivity index (χ0v) is 21.4. The molecule has 0 unspecified atom stereocenters. The van der Waals surface area contributed by atoms with Crippen molar-refractivity contribution in [1.29, 1.82) is 0 Å². The van der Waals surface area contributed by atoms with Crippen molar-refractivity contribution in [2.24, 2.45) is 5.92 Å². The first-order chi connectivity index (χ1) is 17.0. The maximum Gasteiger partial charge on any atom is 0.413 e. The first-order valence-electron chi connectivity index (χ1n) is 11.7. The number of nitro benzene ring substituents is 1. The van der Waals surface area contributed by atoms with Crippen molar-refractivity contribution in [2.75, 3.05) is 13.7 Å². The number of nitrogens with zero attached hydrogens (tertiary/aromatic N) is 1. The number of amides is 1. The standard InChI is InChI=1S/C25H33N3O8/c1-7-8-12-35-24(30)21(14(2)3)27-25(31)36-22-16(5)26-15(4)19(23(29)34-6)20(22)17-10-9-11-18(13-17)28(32)33/h9-11,13-14,20-21,26H,7-8,12H2,1-6H3,(H,27,31)/t20-,21-/m0/s1. The molecule has 0 radical (unpaired) electrons. The Kier molecular flexibility index (Phi) is 10.0. The van der Waals surface area contributed by atoms with Gasteiger partial charge in [0.25, 0.3) is 5.69 Å². The summed E-state index contributed by atoms with van der Waals surface area (Å²) < 4.78 is 15.8. The number of dihydropyridines is 1. The predicted molar refractivity (Wildman–Crippen MR) is 130 cm³/mol. The largest absolute Gasteiger partial charge is 0.466 e. The number of non-ortho nitro benzene ring substituents is 1. The van der Waals surface area contributed by atoms with E-state index in [9.17, 15) is 24.5 Å². The highest BCUT2D eigenvalue weighted by Crippen LogP contribution is 2.40. The van der Waals surface area contributed by atoms with Gasteiger partial charge in [-0.15, -0.1) is 0 Å². The summed E-state index contributed by atoms with van der Waals surface area (Å²) in [6, 6.07) is 4.74. The zero-order chi connectivity index (χ0) is 27.0. The molecular weight excluding hydrogens is 470 g/mol. The number of methoxy groups -OCH3 is 1. The molecule has 0 spiro atoms. The second-order valence-corrected chi connectivity index (χ2v) is 8.71. The summed E-state index contributed by atoms with van der Waals surface area (Å²) in [6.07, 6.45) is 0.617. The van der Waals surface area contributed by atoms with E-state index in [1.807, 2.05) is 6.92 Å². The molecule has 11 heteroatoms. The number of nitrogens with one attached hydrogen (secondary N) is 2. The van der Waals surface area contributed by atoms with E-state index in [2.05, 4.69) is 10.6 Å². The van der Waals surface area contributed by atoms with Crippen LogP contribution in [0.2, 0.25) is 0 Å². The van der Waals surface area contributed by atoms with Crippen LogP contribution in [-0.4, -0.2) is 42.7 Å². The minimum atomic E-state index is -0.974. The predicted octanol–water partition coefficient (Wildman–Crippen LogP) is 4.05. The van der Waals surface area contributed by atoms with Crippen LogP contribution in [0, 0.1) is 16.0 Å². The van der Waals surface area contributed by atoms with Crippen LogP contribution >= 0.6 is 0 Å². The van der Waals surface area contributed by atoms with Gasteiger partial charge in [-0.25, -0.2) is 14.4 Å². The molecule has 0 aliphatic carbocycles. The Morgan fingerprint density at radius 3 is 2.47 bits per heavy atom. The molecule has 2 N–H and O–H groups in total. The number of nitro groups is 1. The van der Waals surface area contributed by atoms with Gasteiger partial charge in [-0.05, 0) is 31.7 Å². The van der Waals surface area contributed by atoms with Crippen LogP contribution in [0.4, 0.5) is 10.5 Å². The summed E-state index contributed by atoms with van der Waals surface area (Å²) in [4.78, 5) is 49.0. The highest BCUT2D eigenvalue weighted by molar-refractivity contribution is 5.92. The molecule has 0 fully saturated rings. The Bertz CT molecular complexity index is 1080. The molecule has 36 heavy (non-hydrogen) atoms. The lowest BCUT2D eigenvalue weighted by atomic mass is 9.85. The van der Waals surface area contributed by atoms with Crippen molar-refractivity contribution in [2.45, 2.75) is 59.4 Å². The van der Waals surface area contributed by atoms with Gasteiger partial charge in [0.2, 0.25) is 0 Å². The first kappa shape index (κ1) is 28.3. The van der Waals surface area contributed by atoms with Crippen LogP contribution in [0.3, 0.4) is 0 Å². The average Bonchev–Trinajstić information content (AvgIpc) is 2.83. The lowest BCUT2D eigenvalue weighted by Gasteiger charge is -2.30. The number of benzene rings is 1. The maximum atomic E-state index is 12.9. The Morgan fingerprint density at radius 1 is 1.19 bits per heavy atom. The molecule has 0 saturated carbocycles. The summed E-state index contributed by atoms with van der Waals surface area (Å²) in [5.41, 5.74) is 1.16. The number of rotatable bonds is 10. The fraction of sp³-hybridized carbons (Fsp3) is 0.480. The van der Waals surface area contributed by atoms with Crippen molar-refractivity contribution in [3.05, 3.63) is 62.7 Å². The molecule has 0 saturated heterocycles. The van der Waals surface area contributed by atoms with Crippen LogP contribution in [-0.2, 0) is 23.8 Å². The van der Waals surface area contributed by atoms with E-state index in [4.69, 9.17) is 14.2 Å². The molecule has 0 aromatic heterocycles. The Hall–Kier alpha value is -3.89. The van der Waals surface area contributed by atoms with Gasteiger partial charge in [-0.3, -0.25) is 10.1 Å². The van der Waals surface area contributed by atoms with E-state index >= 15 is 0 Å². The fourth-order valence-corrected chi connectivity index (χ4v) is 3.79. The van der Waals surface area contributed by atoms with Gasteiger partial charge in [0.05, 0.1) is 35.8 Å². The normalized spacial score (nSPS) is 16.2. The zero-order valence-electron chi connectivity index (χ0n) is 21.4. The van der Waals surface area contributed by atoms with E-state index in [1.54, 1.807) is 33.8 Å². The Labute approximate surface area is 210 Å². The highest BCUT2D eigenvalue weighted by Gasteiger charge is 2.37. The SMILES string of the molecule is CCCCOC(=O)[C@@H](NC(=O)OC1=C(C)NC(C)=C(C(=O)OC)[C@@H]1c1cccc([N+](=O)[O-])c1)C(C)C. The van der Waals surface area contributed by atoms with Gasteiger partial charge in [0.1, 0.15) is 11.8 Å². The smallest absolute Gasteiger partial charge is 0.413 e. The summed E-state index contributed by atoms with van der Waals surface area (Å²) in [6.45, 7) is 9.01. The molecule has 1 aromatic carbocycles. The lowest BCUT2D eigenvalue weighted by molar-refractivity contribution is -0.384.